The lowest BCUT2D eigenvalue weighted by atomic mass is 9.65. The van der Waals surface area contributed by atoms with Crippen LogP contribution in [0.3, 0.4) is 0 Å². The summed E-state index contributed by atoms with van der Waals surface area (Å²) >= 11 is 0. The van der Waals surface area contributed by atoms with E-state index in [1.807, 2.05) is 38.1 Å². The van der Waals surface area contributed by atoms with E-state index in [1.54, 1.807) is 7.11 Å². The van der Waals surface area contributed by atoms with Crippen LogP contribution < -0.4 is 10.1 Å². The summed E-state index contributed by atoms with van der Waals surface area (Å²) in [6.07, 6.45) is 9.24. The van der Waals surface area contributed by atoms with Crippen LogP contribution in [0, 0.1) is 29.6 Å². The van der Waals surface area contributed by atoms with Gasteiger partial charge >= 0.3 is 5.97 Å². The van der Waals surface area contributed by atoms with Gasteiger partial charge < -0.3 is 24.3 Å². The van der Waals surface area contributed by atoms with E-state index in [0.717, 1.165) is 30.6 Å². The number of benzene rings is 1. The van der Waals surface area contributed by atoms with Crippen molar-refractivity contribution in [3.05, 3.63) is 53.6 Å². The van der Waals surface area contributed by atoms with Crippen LogP contribution >= 0.6 is 0 Å². The zero-order valence-electron chi connectivity index (χ0n) is 30.1. The Labute approximate surface area is 279 Å². The average molecular weight is 656 g/mol. The van der Waals surface area contributed by atoms with Crippen LogP contribution in [0.1, 0.15) is 92.6 Å². The standard InChI is InChI=1S/C38H61NO6Si/c1-11-26(3)37(42)44-34-21-25(2)20-29-15-12-27(4)33(36(29)34)19-16-30(40)22-32(45-46(9,10)38(5,6)7)23-35(41)39-24-28-13-17-31(43-8)18-14-28/h12-15,17-18,20,25-27,30,32-34,36,40H,11,16,19,21-24H2,1-10H3,(H,39,41). The molecule has 1 aromatic carbocycles. The molecule has 8 unspecified atom stereocenters. The van der Waals surface area contributed by atoms with Gasteiger partial charge in [0.05, 0.1) is 31.7 Å². The number of aliphatic hydroxyl groups is 1. The van der Waals surface area contributed by atoms with E-state index < -0.39 is 14.4 Å². The molecule has 0 saturated heterocycles. The first-order valence-electron chi connectivity index (χ1n) is 17.4. The van der Waals surface area contributed by atoms with Crippen molar-refractivity contribution in [2.45, 2.75) is 130 Å². The summed E-state index contributed by atoms with van der Waals surface area (Å²) in [4.78, 5) is 26.0. The number of methoxy groups -OCH3 is 1. The molecule has 0 heterocycles. The predicted molar refractivity (Wildman–Crippen MR) is 188 cm³/mol. The summed E-state index contributed by atoms with van der Waals surface area (Å²) in [7, 11) is -0.570. The highest BCUT2D eigenvalue weighted by atomic mass is 28.4. The van der Waals surface area contributed by atoms with Crippen LogP contribution in [-0.2, 0) is 25.3 Å². The highest BCUT2D eigenvalue weighted by Crippen LogP contribution is 2.45. The minimum absolute atomic E-state index is 0.0256. The fourth-order valence-electron chi connectivity index (χ4n) is 6.45. The Kier molecular flexibility index (Phi) is 13.7. The van der Waals surface area contributed by atoms with E-state index >= 15 is 0 Å². The van der Waals surface area contributed by atoms with Crippen LogP contribution in [0.5, 0.6) is 5.75 Å². The van der Waals surface area contributed by atoms with Gasteiger partial charge in [0.25, 0.3) is 0 Å². The second-order valence-corrected chi connectivity index (χ2v) is 20.1. The topological polar surface area (TPSA) is 94.1 Å². The number of rotatable bonds is 15. The highest BCUT2D eigenvalue weighted by Gasteiger charge is 2.43. The Balaban J connectivity index is 1.69. The number of hydrogen-bond acceptors (Lipinski definition) is 6. The summed E-state index contributed by atoms with van der Waals surface area (Å²) in [6, 6.07) is 7.65. The molecule has 0 bridgehead atoms. The first kappa shape index (κ1) is 38.0. The second kappa shape index (κ2) is 16.6. The molecule has 2 aliphatic rings. The van der Waals surface area contributed by atoms with Gasteiger partial charge in [-0.2, -0.15) is 0 Å². The molecular formula is C38H61NO6Si. The minimum atomic E-state index is -2.20. The number of ether oxygens (including phenoxy) is 2. The Morgan fingerprint density at radius 1 is 1.13 bits per heavy atom. The summed E-state index contributed by atoms with van der Waals surface area (Å²) in [5.41, 5.74) is 2.25. The number of carbonyl (C=O) groups is 2. The third-order valence-electron chi connectivity index (χ3n) is 10.6. The molecule has 3 rings (SSSR count). The molecular weight excluding hydrogens is 595 g/mol. The van der Waals surface area contributed by atoms with Gasteiger partial charge in [-0.05, 0) is 91.3 Å². The highest BCUT2D eigenvalue weighted by molar-refractivity contribution is 6.74. The smallest absolute Gasteiger partial charge is 0.308 e. The van der Waals surface area contributed by atoms with Crippen molar-refractivity contribution in [1.29, 1.82) is 0 Å². The van der Waals surface area contributed by atoms with E-state index in [-0.39, 0.29) is 53.3 Å². The van der Waals surface area contributed by atoms with Gasteiger partial charge in [0.1, 0.15) is 11.9 Å². The maximum absolute atomic E-state index is 13.2. The molecule has 8 atom stereocenters. The molecule has 1 aromatic rings. The minimum Gasteiger partial charge on any atom is -0.497 e. The number of aliphatic hydroxyl groups excluding tert-OH is 1. The second-order valence-electron chi connectivity index (χ2n) is 15.4. The Morgan fingerprint density at radius 3 is 2.41 bits per heavy atom. The number of nitrogens with one attached hydrogen (secondary N) is 1. The molecule has 258 valence electrons. The molecule has 1 amide bonds. The number of hydrogen-bond donors (Lipinski definition) is 2. The normalized spacial score (nSPS) is 25.1. The van der Waals surface area contributed by atoms with Crippen LogP contribution in [0.15, 0.2) is 48.1 Å². The van der Waals surface area contributed by atoms with E-state index in [9.17, 15) is 14.7 Å². The lowest BCUT2D eigenvalue weighted by molar-refractivity contribution is -0.158. The van der Waals surface area contributed by atoms with Gasteiger partial charge in [-0.1, -0.05) is 78.8 Å². The molecule has 0 aromatic heterocycles. The first-order valence-corrected chi connectivity index (χ1v) is 20.3. The van der Waals surface area contributed by atoms with Crippen LogP contribution in [0.2, 0.25) is 18.1 Å². The average Bonchev–Trinajstić information content (AvgIpc) is 2.98. The van der Waals surface area contributed by atoms with E-state index in [4.69, 9.17) is 13.9 Å². The van der Waals surface area contributed by atoms with Gasteiger partial charge in [0.15, 0.2) is 8.32 Å². The zero-order chi connectivity index (χ0) is 34.2. The molecule has 7 nitrogen and oxygen atoms in total. The number of amides is 1. The number of esters is 1. The molecule has 2 N–H and O–H groups in total. The number of fused-ring (bicyclic) bond motifs is 1. The summed E-state index contributed by atoms with van der Waals surface area (Å²) in [5, 5.41) is 14.4. The molecule has 8 heteroatoms. The van der Waals surface area contributed by atoms with Gasteiger partial charge in [-0.25, -0.2) is 0 Å². The summed E-state index contributed by atoms with van der Waals surface area (Å²) in [6.45, 7) is 19.7. The maximum Gasteiger partial charge on any atom is 0.308 e. The molecule has 2 aliphatic carbocycles. The van der Waals surface area contributed by atoms with Gasteiger partial charge in [0, 0.05) is 12.5 Å². The SMILES string of the molecule is CCC(C)C(=O)OC1CC(C)C=C2C=CC(C)C(CCC(O)CC(CC(=O)NCc3ccc(OC)cc3)O[Si](C)(C)C(C)(C)C)C21. The van der Waals surface area contributed by atoms with Crippen LogP contribution in [-0.4, -0.2) is 50.7 Å². The van der Waals surface area contributed by atoms with Crippen molar-refractivity contribution in [2.75, 3.05) is 7.11 Å². The fraction of sp³-hybridized carbons (Fsp3) is 0.684. The van der Waals surface area contributed by atoms with Gasteiger partial charge in [-0.15, -0.1) is 0 Å². The van der Waals surface area contributed by atoms with Gasteiger partial charge in [-0.3, -0.25) is 9.59 Å². The van der Waals surface area contributed by atoms with E-state index in [2.05, 4.69) is 71.3 Å². The quantitative estimate of drug-likeness (QED) is 0.147. The predicted octanol–water partition coefficient (Wildman–Crippen LogP) is 7.99. The lowest BCUT2D eigenvalue weighted by Crippen LogP contribution is -2.46. The fourth-order valence-corrected chi connectivity index (χ4v) is 7.82. The van der Waals surface area contributed by atoms with Crippen molar-refractivity contribution in [2.24, 2.45) is 29.6 Å². The molecule has 0 radical (unpaired) electrons. The molecule has 0 spiro atoms. The molecule has 0 fully saturated rings. The van der Waals surface area contributed by atoms with Gasteiger partial charge in [0.2, 0.25) is 5.91 Å². The maximum atomic E-state index is 13.2. The van der Waals surface area contributed by atoms with Crippen molar-refractivity contribution >= 4 is 20.2 Å². The Bertz CT molecular complexity index is 1200. The van der Waals surface area contributed by atoms with E-state index in [1.165, 1.54) is 5.57 Å². The van der Waals surface area contributed by atoms with Crippen LogP contribution in [0.4, 0.5) is 0 Å². The van der Waals surface area contributed by atoms with Crippen molar-refractivity contribution in [3.8, 4) is 5.75 Å². The molecule has 0 aliphatic heterocycles. The lowest BCUT2D eigenvalue weighted by Gasteiger charge is -2.43. The van der Waals surface area contributed by atoms with E-state index in [0.29, 0.717) is 31.2 Å². The Hall–Kier alpha value is -2.42. The molecule has 0 saturated carbocycles. The van der Waals surface area contributed by atoms with Crippen molar-refractivity contribution < 1.29 is 28.6 Å². The van der Waals surface area contributed by atoms with Crippen molar-refractivity contribution in [1.82, 2.24) is 5.32 Å². The zero-order valence-corrected chi connectivity index (χ0v) is 31.1. The Morgan fingerprint density at radius 2 is 1.80 bits per heavy atom. The molecule has 46 heavy (non-hydrogen) atoms. The summed E-state index contributed by atoms with van der Waals surface area (Å²) < 4.78 is 18.2. The third kappa shape index (κ3) is 10.5. The monoisotopic (exact) mass is 655 g/mol. The largest absolute Gasteiger partial charge is 0.497 e. The summed E-state index contributed by atoms with van der Waals surface area (Å²) in [5.74, 6) is 1.48. The van der Waals surface area contributed by atoms with Crippen LogP contribution in [0.25, 0.3) is 0 Å². The number of carbonyl (C=O) groups excluding carboxylic acids is 2. The van der Waals surface area contributed by atoms with Crippen molar-refractivity contribution in [3.63, 3.8) is 0 Å². The first-order chi connectivity index (χ1) is 21.5. The number of allylic oxidation sites excluding steroid dienone is 3. The third-order valence-corrected chi connectivity index (χ3v) is 15.1.